The maximum Gasteiger partial charge on any atom is 0.143 e. The standard InChI is InChI=1S/C13H13ClO/c14-10-4-1-3-9-5-6-11(15)13(12(9)10)7-2-8-13/h1,3-4H,2,5-8H2. The lowest BCUT2D eigenvalue weighted by molar-refractivity contribution is -0.128. The van der Waals surface area contributed by atoms with Crippen molar-refractivity contribution >= 4 is 17.4 Å². The fourth-order valence-electron chi connectivity index (χ4n) is 3.00. The number of aryl methyl sites for hydroxylation is 1. The van der Waals surface area contributed by atoms with E-state index in [1.54, 1.807) is 0 Å². The number of rotatable bonds is 0. The number of fused-ring (bicyclic) bond motifs is 2. The van der Waals surface area contributed by atoms with Crippen molar-refractivity contribution in [1.29, 1.82) is 0 Å². The lowest BCUT2D eigenvalue weighted by atomic mass is 9.57. The molecule has 2 aliphatic carbocycles. The average Bonchev–Trinajstić information content (AvgIpc) is 2.16. The van der Waals surface area contributed by atoms with Crippen LogP contribution in [-0.2, 0) is 16.6 Å². The van der Waals surface area contributed by atoms with Crippen molar-refractivity contribution in [1.82, 2.24) is 0 Å². The molecule has 0 N–H and O–H groups in total. The molecule has 2 heteroatoms. The minimum atomic E-state index is -0.189. The molecule has 0 unspecified atom stereocenters. The number of hydrogen-bond acceptors (Lipinski definition) is 1. The van der Waals surface area contributed by atoms with Gasteiger partial charge in [-0.15, -0.1) is 0 Å². The Morgan fingerprint density at radius 3 is 2.67 bits per heavy atom. The van der Waals surface area contributed by atoms with Crippen molar-refractivity contribution in [2.75, 3.05) is 0 Å². The summed E-state index contributed by atoms with van der Waals surface area (Å²) in [6.07, 6.45) is 4.74. The summed E-state index contributed by atoms with van der Waals surface area (Å²) >= 11 is 6.25. The summed E-state index contributed by atoms with van der Waals surface area (Å²) in [6.45, 7) is 0. The zero-order chi connectivity index (χ0) is 10.5. The Kier molecular flexibility index (Phi) is 1.93. The van der Waals surface area contributed by atoms with Gasteiger partial charge in [0, 0.05) is 11.4 Å². The summed E-state index contributed by atoms with van der Waals surface area (Å²) < 4.78 is 0. The first-order chi connectivity index (χ1) is 7.24. The summed E-state index contributed by atoms with van der Waals surface area (Å²) in [5, 5.41) is 0.792. The number of halogens is 1. The molecule has 0 aromatic heterocycles. The van der Waals surface area contributed by atoms with Crippen LogP contribution in [0.15, 0.2) is 18.2 Å². The van der Waals surface area contributed by atoms with Gasteiger partial charge in [-0.2, -0.15) is 0 Å². The van der Waals surface area contributed by atoms with Crippen LogP contribution in [0.25, 0.3) is 0 Å². The second kappa shape index (κ2) is 3.08. The van der Waals surface area contributed by atoms with Gasteiger partial charge in [0.2, 0.25) is 0 Å². The average molecular weight is 221 g/mol. The number of hydrogen-bond donors (Lipinski definition) is 0. The van der Waals surface area contributed by atoms with Crippen molar-refractivity contribution in [3.63, 3.8) is 0 Å². The molecule has 1 saturated carbocycles. The molecule has 2 aliphatic rings. The summed E-state index contributed by atoms with van der Waals surface area (Å²) in [7, 11) is 0. The highest BCUT2D eigenvalue weighted by Crippen LogP contribution is 2.51. The van der Waals surface area contributed by atoms with Crippen LogP contribution in [-0.4, -0.2) is 5.78 Å². The Labute approximate surface area is 94.4 Å². The van der Waals surface area contributed by atoms with E-state index < -0.39 is 0 Å². The zero-order valence-electron chi connectivity index (χ0n) is 8.55. The quantitative estimate of drug-likeness (QED) is 0.656. The largest absolute Gasteiger partial charge is 0.299 e. The lowest BCUT2D eigenvalue weighted by Gasteiger charge is -2.45. The molecule has 1 aromatic carbocycles. The molecule has 1 fully saturated rings. The normalized spacial score (nSPS) is 22.3. The molecule has 0 bridgehead atoms. The van der Waals surface area contributed by atoms with Gasteiger partial charge in [-0.3, -0.25) is 4.79 Å². The van der Waals surface area contributed by atoms with Crippen molar-refractivity contribution < 1.29 is 4.79 Å². The lowest BCUT2D eigenvalue weighted by Crippen LogP contribution is -2.45. The molecule has 78 valence electrons. The summed E-state index contributed by atoms with van der Waals surface area (Å²) in [5.74, 6) is 0.411. The van der Waals surface area contributed by atoms with Crippen LogP contribution in [0, 0.1) is 0 Å². The van der Waals surface area contributed by atoms with E-state index in [1.165, 1.54) is 5.56 Å². The maximum atomic E-state index is 12.1. The van der Waals surface area contributed by atoms with Crippen LogP contribution in [0.4, 0.5) is 0 Å². The fourth-order valence-corrected chi connectivity index (χ4v) is 3.37. The van der Waals surface area contributed by atoms with Crippen molar-refractivity contribution in [3.05, 3.63) is 34.3 Å². The number of benzene rings is 1. The molecule has 0 amide bonds. The highest BCUT2D eigenvalue weighted by Gasteiger charge is 2.48. The van der Waals surface area contributed by atoms with Crippen LogP contribution >= 0.6 is 11.6 Å². The molecule has 15 heavy (non-hydrogen) atoms. The van der Waals surface area contributed by atoms with E-state index in [-0.39, 0.29) is 5.41 Å². The molecule has 3 rings (SSSR count). The van der Waals surface area contributed by atoms with Gasteiger partial charge in [0.05, 0.1) is 5.41 Å². The predicted molar refractivity (Wildman–Crippen MR) is 60.3 cm³/mol. The minimum absolute atomic E-state index is 0.189. The third-order valence-corrected chi connectivity index (χ3v) is 4.26. The highest BCUT2D eigenvalue weighted by molar-refractivity contribution is 6.32. The Hall–Kier alpha value is -0.820. The maximum absolute atomic E-state index is 12.1. The van der Waals surface area contributed by atoms with Gasteiger partial charge < -0.3 is 0 Å². The fraction of sp³-hybridized carbons (Fsp3) is 0.462. The second-order valence-electron chi connectivity index (χ2n) is 4.63. The second-order valence-corrected chi connectivity index (χ2v) is 5.04. The first-order valence-electron chi connectivity index (χ1n) is 5.55. The predicted octanol–water partition coefficient (Wildman–Crippen LogP) is 3.28. The van der Waals surface area contributed by atoms with Crippen LogP contribution in [0.3, 0.4) is 0 Å². The van der Waals surface area contributed by atoms with Crippen LogP contribution in [0.1, 0.15) is 36.8 Å². The summed E-state index contributed by atoms with van der Waals surface area (Å²) in [4.78, 5) is 12.1. The van der Waals surface area contributed by atoms with E-state index in [1.807, 2.05) is 12.1 Å². The van der Waals surface area contributed by atoms with Gasteiger partial charge in [-0.1, -0.05) is 30.2 Å². The molecular formula is C13H13ClO. The highest BCUT2D eigenvalue weighted by atomic mass is 35.5. The Bertz CT molecular complexity index is 432. The Morgan fingerprint density at radius 2 is 2.00 bits per heavy atom. The molecule has 0 aliphatic heterocycles. The number of carbonyl (C=O) groups excluding carboxylic acids is 1. The summed E-state index contributed by atoms with van der Waals surface area (Å²) in [6, 6.07) is 6.02. The van der Waals surface area contributed by atoms with E-state index in [0.29, 0.717) is 12.2 Å². The van der Waals surface area contributed by atoms with Gasteiger partial charge >= 0.3 is 0 Å². The Balaban J connectivity index is 2.23. The molecule has 1 nitrogen and oxygen atoms in total. The van der Waals surface area contributed by atoms with E-state index in [9.17, 15) is 4.79 Å². The molecule has 0 atom stereocenters. The van der Waals surface area contributed by atoms with E-state index in [2.05, 4.69) is 6.07 Å². The smallest absolute Gasteiger partial charge is 0.143 e. The van der Waals surface area contributed by atoms with Crippen molar-refractivity contribution in [3.8, 4) is 0 Å². The third kappa shape index (κ3) is 1.13. The first kappa shape index (κ1) is 9.41. The molecule has 0 radical (unpaired) electrons. The Morgan fingerprint density at radius 1 is 1.20 bits per heavy atom. The molecule has 1 aromatic rings. The van der Waals surface area contributed by atoms with Crippen LogP contribution < -0.4 is 0 Å². The van der Waals surface area contributed by atoms with Gasteiger partial charge in [-0.25, -0.2) is 0 Å². The number of Topliss-reactive ketones (excluding diaryl/α,β-unsaturated/α-hetero) is 1. The van der Waals surface area contributed by atoms with Gasteiger partial charge in [0.25, 0.3) is 0 Å². The van der Waals surface area contributed by atoms with E-state index in [4.69, 9.17) is 11.6 Å². The van der Waals surface area contributed by atoms with E-state index >= 15 is 0 Å². The first-order valence-corrected chi connectivity index (χ1v) is 5.93. The van der Waals surface area contributed by atoms with Crippen molar-refractivity contribution in [2.45, 2.75) is 37.5 Å². The monoisotopic (exact) mass is 220 g/mol. The third-order valence-electron chi connectivity index (χ3n) is 3.94. The molecule has 0 heterocycles. The van der Waals surface area contributed by atoms with Crippen molar-refractivity contribution in [2.24, 2.45) is 0 Å². The molecular weight excluding hydrogens is 208 g/mol. The SMILES string of the molecule is O=C1CCc2cccc(Cl)c2C12CCC2. The number of ketones is 1. The molecule has 0 saturated heterocycles. The van der Waals surface area contributed by atoms with Gasteiger partial charge in [0.15, 0.2) is 0 Å². The zero-order valence-corrected chi connectivity index (χ0v) is 9.31. The summed E-state index contributed by atoms with van der Waals surface area (Å²) in [5.41, 5.74) is 2.25. The van der Waals surface area contributed by atoms with Crippen LogP contribution in [0.2, 0.25) is 5.02 Å². The molecule has 1 spiro atoms. The topological polar surface area (TPSA) is 17.1 Å². The minimum Gasteiger partial charge on any atom is -0.299 e. The van der Waals surface area contributed by atoms with Crippen LogP contribution in [0.5, 0.6) is 0 Å². The van der Waals surface area contributed by atoms with Gasteiger partial charge in [0.1, 0.15) is 5.78 Å². The van der Waals surface area contributed by atoms with E-state index in [0.717, 1.165) is 36.3 Å². The number of carbonyl (C=O) groups is 1. The van der Waals surface area contributed by atoms with Gasteiger partial charge in [-0.05, 0) is 36.5 Å².